The van der Waals surface area contributed by atoms with E-state index in [-0.39, 0.29) is 12.3 Å². The zero-order chi connectivity index (χ0) is 62.6. The van der Waals surface area contributed by atoms with Crippen LogP contribution in [0.3, 0.4) is 0 Å². The summed E-state index contributed by atoms with van der Waals surface area (Å²) >= 11 is 0. The number of allylic oxidation sites excluding steroid dienone is 19. The van der Waals surface area contributed by atoms with E-state index in [1.807, 2.05) is 6.08 Å². The second-order valence-electron chi connectivity index (χ2n) is 22.1. The first kappa shape index (κ1) is 76.4. The minimum Gasteiger partial charge on any atom is -0.394 e. The Kier molecular flexibility index (Phi) is 42.7. The van der Waals surface area contributed by atoms with Crippen molar-refractivity contribution in [3.8, 4) is 0 Å². The molecule has 3 saturated heterocycles. The average Bonchev–Trinajstić information content (AvgIpc) is 1.96. The van der Waals surface area contributed by atoms with Crippen LogP contribution < -0.4 is 5.32 Å². The fourth-order valence-electron chi connectivity index (χ4n) is 9.81. The summed E-state index contributed by atoms with van der Waals surface area (Å²) in [6, 6.07) is -1.02. The highest BCUT2D eigenvalue weighted by molar-refractivity contribution is 5.76. The Morgan fingerprint density at radius 3 is 1.30 bits per heavy atom. The van der Waals surface area contributed by atoms with Crippen molar-refractivity contribution >= 4 is 5.91 Å². The van der Waals surface area contributed by atoms with Gasteiger partial charge in [-0.3, -0.25) is 4.79 Å². The quantitative estimate of drug-likeness (QED) is 0.0219. The molecule has 0 saturated carbocycles. The van der Waals surface area contributed by atoms with Crippen molar-refractivity contribution < 1.29 is 89.4 Å². The Balaban J connectivity index is 1.48. The number of carbonyl (C=O) groups excluding carboxylic acids is 1. The van der Waals surface area contributed by atoms with Crippen LogP contribution in [0.15, 0.2) is 122 Å². The third-order valence-electron chi connectivity index (χ3n) is 15.0. The summed E-state index contributed by atoms with van der Waals surface area (Å²) in [5.41, 5.74) is 0. The van der Waals surface area contributed by atoms with Crippen molar-refractivity contribution in [1.82, 2.24) is 5.32 Å². The van der Waals surface area contributed by atoms with E-state index >= 15 is 0 Å². The molecule has 0 aliphatic carbocycles. The van der Waals surface area contributed by atoms with Gasteiger partial charge in [-0.15, -0.1) is 0 Å². The number of aliphatic hydroxyl groups excluding tert-OH is 11. The molecule has 3 aliphatic rings. The zero-order valence-corrected chi connectivity index (χ0v) is 51.2. The number of nitrogens with one attached hydrogen (secondary N) is 1. The molecule has 3 heterocycles. The number of aliphatic hydroxyl groups is 11. The molecule has 86 heavy (non-hydrogen) atoms. The molecule has 19 heteroatoms. The van der Waals surface area contributed by atoms with Gasteiger partial charge in [-0.25, -0.2) is 0 Å². The Hall–Kier alpha value is -3.81. The molecule has 3 aliphatic heterocycles. The van der Waals surface area contributed by atoms with Crippen molar-refractivity contribution in [2.45, 2.75) is 266 Å². The molecule has 17 unspecified atom stereocenters. The molecule has 0 radical (unpaired) electrons. The summed E-state index contributed by atoms with van der Waals surface area (Å²) in [6.07, 6.45) is 37.5. The number of rotatable bonds is 45. The average molecular weight is 1220 g/mol. The smallest absolute Gasteiger partial charge is 0.220 e. The molecule has 3 fully saturated rings. The maximum Gasteiger partial charge on any atom is 0.220 e. The van der Waals surface area contributed by atoms with E-state index in [9.17, 15) is 61.0 Å². The highest BCUT2D eigenvalue weighted by Crippen LogP contribution is 2.33. The van der Waals surface area contributed by atoms with Crippen molar-refractivity contribution in [2.75, 3.05) is 26.4 Å². The first-order valence-corrected chi connectivity index (χ1v) is 31.8. The van der Waals surface area contributed by atoms with E-state index in [1.165, 1.54) is 44.9 Å². The predicted molar refractivity (Wildman–Crippen MR) is 332 cm³/mol. The number of hydrogen-bond acceptors (Lipinski definition) is 18. The normalized spacial score (nSPS) is 29.6. The monoisotopic (exact) mass is 1220 g/mol. The van der Waals surface area contributed by atoms with Gasteiger partial charge in [0.1, 0.15) is 73.2 Å². The van der Waals surface area contributed by atoms with Crippen LogP contribution in [-0.4, -0.2) is 193 Å². The van der Waals surface area contributed by atoms with Gasteiger partial charge in [0.15, 0.2) is 18.9 Å². The fraction of sp³-hybridized carbons (Fsp3) is 0.687. The molecule has 0 aromatic rings. The van der Waals surface area contributed by atoms with Gasteiger partial charge in [-0.1, -0.05) is 180 Å². The lowest BCUT2D eigenvalue weighted by molar-refractivity contribution is -0.379. The van der Waals surface area contributed by atoms with Crippen molar-refractivity contribution in [1.29, 1.82) is 0 Å². The van der Waals surface area contributed by atoms with E-state index in [1.54, 1.807) is 6.08 Å². The van der Waals surface area contributed by atoms with Gasteiger partial charge in [0.2, 0.25) is 5.91 Å². The zero-order valence-electron chi connectivity index (χ0n) is 51.2. The first-order valence-electron chi connectivity index (χ1n) is 31.8. The number of unbranched alkanes of at least 4 members (excludes halogenated alkanes) is 11. The predicted octanol–water partition coefficient (Wildman–Crippen LogP) is 6.87. The van der Waals surface area contributed by atoms with Crippen LogP contribution in [0.1, 0.15) is 162 Å². The lowest BCUT2D eigenvalue weighted by Gasteiger charge is -2.48. The summed E-state index contributed by atoms with van der Waals surface area (Å²) in [4.78, 5) is 13.3. The number of ether oxygens (including phenoxy) is 6. The maximum atomic E-state index is 13.3. The van der Waals surface area contributed by atoms with E-state index in [0.29, 0.717) is 12.8 Å². The minimum atomic E-state index is -1.99. The van der Waals surface area contributed by atoms with Gasteiger partial charge in [-0.2, -0.15) is 0 Å². The Bertz CT molecular complexity index is 2030. The van der Waals surface area contributed by atoms with Crippen LogP contribution in [0.4, 0.5) is 0 Å². The SMILES string of the molecule is CC/C=C\C/C=C\C/C=C\C/C=C\C/C=C\C/C=C\C/C=C\C/C=C\CCCCC(=O)NC(COC1OC(CO)C(OC2OC(CO)C(OC3OC(CO)C(O)C(O)C3O)C(O)C2O)C(O)C1O)C(O)/C=C/CC/C=C/CCCCCCCCCC. The van der Waals surface area contributed by atoms with E-state index in [2.05, 4.69) is 129 Å². The highest BCUT2D eigenvalue weighted by Gasteiger charge is 2.53. The summed E-state index contributed by atoms with van der Waals surface area (Å²) < 4.78 is 34.2. The maximum absolute atomic E-state index is 13.3. The number of amides is 1. The highest BCUT2D eigenvalue weighted by atomic mass is 16.8. The third-order valence-corrected chi connectivity index (χ3v) is 15.0. The van der Waals surface area contributed by atoms with Crippen LogP contribution >= 0.6 is 0 Å². The molecule has 0 spiro atoms. The Morgan fingerprint density at radius 1 is 0.430 bits per heavy atom. The summed E-state index contributed by atoms with van der Waals surface area (Å²) in [5.74, 6) is -0.335. The van der Waals surface area contributed by atoms with E-state index < -0.39 is 131 Å². The van der Waals surface area contributed by atoms with Crippen molar-refractivity contribution in [3.63, 3.8) is 0 Å². The largest absolute Gasteiger partial charge is 0.394 e. The van der Waals surface area contributed by atoms with Gasteiger partial charge >= 0.3 is 0 Å². The van der Waals surface area contributed by atoms with Crippen molar-refractivity contribution in [3.05, 3.63) is 122 Å². The molecule has 3 rings (SSSR count). The summed E-state index contributed by atoms with van der Waals surface area (Å²) in [5, 5.41) is 120. The first-order chi connectivity index (χ1) is 41.8. The van der Waals surface area contributed by atoms with Crippen LogP contribution in [0.5, 0.6) is 0 Å². The van der Waals surface area contributed by atoms with Crippen LogP contribution in [0, 0.1) is 0 Å². The van der Waals surface area contributed by atoms with E-state index in [4.69, 9.17) is 28.4 Å². The summed E-state index contributed by atoms with van der Waals surface area (Å²) in [7, 11) is 0. The minimum absolute atomic E-state index is 0.171. The molecule has 19 nitrogen and oxygen atoms in total. The van der Waals surface area contributed by atoms with Crippen LogP contribution in [0.2, 0.25) is 0 Å². The van der Waals surface area contributed by atoms with Gasteiger partial charge < -0.3 is 89.9 Å². The molecule has 0 bridgehead atoms. The Labute approximate surface area is 512 Å². The molecule has 1 amide bonds. The second kappa shape index (κ2) is 48.1. The van der Waals surface area contributed by atoms with Crippen LogP contribution in [0.25, 0.3) is 0 Å². The molecule has 12 N–H and O–H groups in total. The fourth-order valence-corrected chi connectivity index (χ4v) is 9.81. The van der Waals surface area contributed by atoms with Gasteiger partial charge in [0.25, 0.3) is 0 Å². The second-order valence-corrected chi connectivity index (χ2v) is 22.1. The van der Waals surface area contributed by atoms with Gasteiger partial charge in [-0.05, 0) is 96.3 Å². The summed E-state index contributed by atoms with van der Waals surface area (Å²) in [6.45, 7) is 1.52. The number of hydrogen-bond donors (Lipinski definition) is 12. The molecule has 0 aromatic heterocycles. The molecule has 17 atom stereocenters. The van der Waals surface area contributed by atoms with Crippen molar-refractivity contribution in [2.24, 2.45) is 0 Å². The van der Waals surface area contributed by atoms with Gasteiger partial charge in [0.05, 0.1) is 38.6 Å². The molecular formula is C67H109NO18. The number of carbonyl (C=O) groups is 1. The topological polar surface area (TPSA) is 307 Å². The lowest BCUT2D eigenvalue weighted by atomic mass is 9.96. The standard InChI is InChI=1S/C67H109NO18/c1-3-5-7-9-11-13-15-17-19-20-21-22-23-24-25-26-27-28-29-30-31-33-35-37-39-41-43-45-55(73)68-50(51(72)44-42-40-38-36-34-32-18-16-14-12-10-8-6-4-2)49-81-65-61(79)58(76)63(53(47-70)83-65)86-67-62(80)59(77)64(54(48-71)84-67)85-66-60(78)57(75)56(74)52(46-69)82-66/h5,7,11,13,17,19,21-22,24-25,27-28,30-31,34-37,42,44,50-54,56-67,69-72,74-80H,3-4,6,8-10,12,14-16,18,20,23,26,29,32-33,38-41,43,45-49H2,1-2H3,(H,68,73)/b7-5-,13-11-,19-17-,22-21-,25-24-,28-27-,31-30-,36-34+,37-35-,44-42+. The third kappa shape index (κ3) is 30.6. The Morgan fingerprint density at radius 2 is 0.814 bits per heavy atom. The van der Waals surface area contributed by atoms with Gasteiger partial charge in [0, 0.05) is 6.42 Å². The lowest BCUT2D eigenvalue weighted by Crippen LogP contribution is -2.66. The molecule has 490 valence electrons. The molecular weight excluding hydrogens is 1110 g/mol. The van der Waals surface area contributed by atoms with Crippen LogP contribution in [-0.2, 0) is 33.2 Å². The van der Waals surface area contributed by atoms with E-state index in [0.717, 1.165) is 83.5 Å². The molecule has 0 aromatic carbocycles.